The van der Waals surface area contributed by atoms with E-state index in [1.807, 2.05) is 6.26 Å². The van der Waals surface area contributed by atoms with Crippen LogP contribution in [0.15, 0.2) is 29.3 Å². The van der Waals surface area contributed by atoms with Crippen molar-refractivity contribution < 1.29 is 22.6 Å². The summed E-state index contributed by atoms with van der Waals surface area (Å²) in [6, 6.07) is 5.69. The molecule has 1 heterocycles. The van der Waals surface area contributed by atoms with Crippen LogP contribution in [0.5, 0.6) is 5.75 Å². The van der Waals surface area contributed by atoms with E-state index in [1.54, 1.807) is 17.8 Å². The Balaban J connectivity index is 2.05. The number of aliphatic imine (C=N–C) groups is 1. The van der Waals surface area contributed by atoms with Crippen molar-refractivity contribution in [3.63, 3.8) is 0 Å². The summed E-state index contributed by atoms with van der Waals surface area (Å²) < 4.78 is 46.5. The second-order valence-electron chi connectivity index (χ2n) is 5.37. The minimum absolute atomic E-state index is 0.0491. The van der Waals surface area contributed by atoms with Crippen LogP contribution >= 0.6 is 11.8 Å². The first-order valence-corrected chi connectivity index (χ1v) is 8.61. The molecule has 1 fully saturated rings. The largest absolute Gasteiger partial charge is 0.573 e. The Hall–Kier alpha value is -1.61. The highest BCUT2D eigenvalue weighted by Crippen LogP contribution is 2.34. The molecule has 2 rings (SSSR count). The molecular formula is C15H20F3N3O2S. The third kappa shape index (κ3) is 5.48. The number of halogens is 3. The van der Waals surface area contributed by atoms with Gasteiger partial charge in [-0.15, -0.1) is 13.2 Å². The fourth-order valence-electron chi connectivity index (χ4n) is 2.36. The molecule has 0 aliphatic carbocycles. The summed E-state index contributed by atoms with van der Waals surface area (Å²) in [4.78, 5) is 4.29. The maximum absolute atomic E-state index is 12.4. The van der Waals surface area contributed by atoms with Crippen molar-refractivity contribution in [2.24, 2.45) is 10.7 Å². The van der Waals surface area contributed by atoms with Crippen LogP contribution in [0, 0.1) is 0 Å². The lowest BCUT2D eigenvalue weighted by atomic mass is 9.99. The Kier molecular flexibility index (Phi) is 6.22. The van der Waals surface area contributed by atoms with Crippen molar-refractivity contribution in [1.29, 1.82) is 0 Å². The van der Waals surface area contributed by atoms with Crippen LogP contribution in [0.3, 0.4) is 0 Å². The molecule has 0 bridgehead atoms. The van der Waals surface area contributed by atoms with Gasteiger partial charge in [-0.25, -0.2) is 0 Å². The third-order valence-electron chi connectivity index (χ3n) is 3.75. The Bertz CT molecular complexity index is 575. The maximum atomic E-state index is 12.4. The van der Waals surface area contributed by atoms with E-state index in [0.717, 1.165) is 12.8 Å². The number of hydrogen-bond acceptors (Lipinski definition) is 4. The molecule has 0 spiro atoms. The minimum atomic E-state index is -4.77. The molecule has 5 nitrogen and oxygen atoms in total. The zero-order valence-electron chi connectivity index (χ0n) is 13.2. The zero-order valence-corrected chi connectivity index (χ0v) is 14.0. The van der Waals surface area contributed by atoms with Crippen molar-refractivity contribution in [3.8, 4) is 5.75 Å². The zero-order chi connectivity index (χ0) is 17.6. The van der Waals surface area contributed by atoms with Gasteiger partial charge in [0.1, 0.15) is 0 Å². The van der Waals surface area contributed by atoms with Gasteiger partial charge in [-0.2, -0.15) is 11.8 Å². The summed E-state index contributed by atoms with van der Waals surface area (Å²) >= 11 is 1.71. The van der Waals surface area contributed by atoms with Crippen LogP contribution in [-0.4, -0.2) is 43.1 Å². The van der Waals surface area contributed by atoms with Crippen LogP contribution < -0.4 is 15.8 Å². The third-order valence-corrected chi connectivity index (χ3v) is 5.15. The van der Waals surface area contributed by atoms with Gasteiger partial charge in [-0.05, 0) is 31.2 Å². The fraction of sp³-hybridized carbons (Fsp3) is 0.533. The Labute approximate surface area is 142 Å². The maximum Gasteiger partial charge on any atom is 0.573 e. The molecule has 24 heavy (non-hydrogen) atoms. The second kappa shape index (κ2) is 7.98. The number of guanidine groups is 1. The molecule has 0 atom stereocenters. The van der Waals surface area contributed by atoms with Crippen molar-refractivity contribution in [2.45, 2.75) is 24.0 Å². The van der Waals surface area contributed by atoms with Gasteiger partial charge in [-0.3, -0.25) is 4.99 Å². The van der Waals surface area contributed by atoms with Crippen LogP contribution in [0.1, 0.15) is 12.8 Å². The van der Waals surface area contributed by atoms with Gasteiger partial charge in [0.15, 0.2) is 11.7 Å². The molecule has 1 aromatic carbocycles. The van der Waals surface area contributed by atoms with Crippen LogP contribution in [0.4, 0.5) is 18.9 Å². The van der Waals surface area contributed by atoms with Crippen molar-refractivity contribution >= 4 is 23.4 Å². The topological polar surface area (TPSA) is 68.9 Å². The summed E-state index contributed by atoms with van der Waals surface area (Å²) in [6.07, 6.45) is -1.04. The number of ether oxygens (including phenoxy) is 2. The lowest BCUT2D eigenvalue weighted by molar-refractivity contribution is -0.274. The number of thioether (sulfide) groups is 1. The number of nitrogens with two attached hydrogens (primary N) is 1. The van der Waals surface area contributed by atoms with Crippen LogP contribution in [0.25, 0.3) is 0 Å². The number of benzene rings is 1. The monoisotopic (exact) mass is 363 g/mol. The molecule has 9 heteroatoms. The van der Waals surface area contributed by atoms with E-state index in [1.165, 1.54) is 18.2 Å². The first-order valence-electron chi connectivity index (χ1n) is 7.38. The molecule has 1 aliphatic rings. The molecular weight excluding hydrogens is 343 g/mol. The SMILES string of the molecule is CSC1(CN=C(N)Nc2ccccc2OC(F)(F)F)CCOCC1. The van der Waals surface area contributed by atoms with Gasteiger partial charge < -0.3 is 20.5 Å². The van der Waals surface area contributed by atoms with E-state index >= 15 is 0 Å². The average molecular weight is 363 g/mol. The Morgan fingerprint density at radius 3 is 2.67 bits per heavy atom. The highest BCUT2D eigenvalue weighted by Gasteiger charge is 2.33. The predicted octanol–water partition coefficient (Wildman–Crippen LogP) is 3.22. The molecule has 3 N–H and O–H groups in total. The van der Waals surface area contributed by atoms with Crippen molar-refractivity contribution in [2.75, 3.05) is 31.3 Å². The van der Waals surface area contributed by atoms with E-state index < -0.39 is 6.36 Å². The van der Waals surface area contributed by atoms with Crippen molar-refractivity contribution in [1.82, 2.24) is 0 Å². The average Bonchev–Trinajstić information content (AvgIpc) is 2.54. The summed E-state index contributed by atoms with van der Waals surface area (Å²) in [6.45, 7) is 1.82. The highest BCUT2D eigenvalue weighted by molar-refractivity contribution is 8.00. The van der Waals surface area contributed by atoms with Crippen molar-refractivity contribution in [3.05, 3.63) is 24.3 Å². The first-order chi connectivity index (χ1) is 11.3. The number of rotatable bonds is 5. The Morgan fingerprint density at radius 2 is 2.04 bits per heavy atom. The van der Waals surface area contributed by atoms with E-state index in [4.69, 9.17) is 10.5 Å². The van der Waals surface area contributed by atoms with Gasteiger partial charge in [0.25, 0.3) is 0 Å². The predicted molar refractivity (Wildman–Crippen MR) is 89.5 cm³/mol. The van der Waals surface area contributed by atoms with Crippen LogP contribution in [0.2, 0.25) is 0 Å². The van der Waals surface area contributed by atoms with E-state index in [-0.39, 0.29) is 22.1 Å². The van der Waals surface area contributed by atoms with Gasteiger partial charge in [0.05, 0.1) is 12.2 Å². The number of alkyl halides is 3. The summed E-state index contributed by atoms with van der Waals surface area (Å²) in [7, 11) is 0. The summed E-state index contributed by atoms with van der Waals surface area (Å²) in [5.41, 5.74) is 5.94. The van der Waals surface area contributed by atoms with Gasteiger partial charge in [-0.1, -0.05) is 12.1 Å². The summed E-state index contributed by atoms with van der Waals surface area (Å²) in [5.74, 6) is -0.304. The molecule has 1 aromatic rings. The molecule has 0 aromatic heterocycles. The standard InChI is InChI=1S/C15H20F3N3O2S/c1-24-14(6-8-22-9-7-14)10-20-13(19)21-11-4-2-3-5-12(11)23-15(16,17)18/h2-5H,6-10H2,1H3,(H3,19,20,21). The van der Waals surface area contributed by atoms with Gasteiger partial charge in [0, 0.05) is 18.0 Å². The second-order valence-corrected chi connectivity index (χ2v) is 6.64. The first kappa shape index (κ1) is 18.7. The summed E-state index contributed by atoms with van der Waals surface area (Å²) in [5, 5.41) is 2.68. The van der Waals surface area contributed by atoms with E-state index in [2.05, 4.69) is 15.0 Å². The molecule has 0 unspecified atom stereocenters. The lowest BCUT2D eigenvalue weighted by Gasteiger charge is -2.34. The van der Waals surface area contributed by atoms with E-state index in [9.17, 15) is 13.2 Å². The van der Waals surface area contributed by atoms with Gasteiger partial charge >= 0.3 is 6.36 Å². The Morgan fingerprint density at radius 1 is 1.38 bits per heavy atom. The quantitative estimate of drug-likeness (QED) is 0.621. The normalized spacial score (nSPS) is 18.2. The number of nitrogens with zero attached hydrogens (tertiary/aromatic N) is 1. The number of hydrogen-bond donors (Lipinski definition) is 2. The lowest BCUT2D eigenvalue weighted by Crippen LogP contribution is -2.37. The molecule has 0 saturated carbocycles. The highest BCUT2D eigenvalue weighted by atomic mass is 32.2. The van der Waals surface area contributed by atoms with Crippen LogP contribution in [-0.2, 0) is 4.74 Å². The number of anilines is 1. The smallest absolute Gasteiger partial charge is 0.404 e. The molecule has 0 amide bonds. The van der Waals surface area contributed by atoms with Gasteiger partial charge in [0.2, 0.25) is 0 Å². The minimum Gasteiger partial charge on any atom is -0.404 e. The fourth-order valence-corrected chi connectivity index (χ4v) is 3.13. The molecule has 1 aliphatic heterocycles. The molecule has 134 valence electrons. The number of nitrogens with one attached hydrogen (secondary N) is 1. The molecule has 0 radical (unpaired) electrons. The number of para-hydroxylation sites is 2. The van der Waals surface area contributed by atoms with E-state index in [0.29, 0.717) is 19.8 Å². The molecule has 1 saturated heterocycles.